The molecule has 1 aromatic carbocycles. The summed E-state index contributed by atoms with van der Waals surface area (Å²) in [6, 6.07) is 7.08. The summed E-state index contributed by atoms with van der Waals surface area (Å²) in [6.45, 7) is 0. The lowest BCUT2D eigenvalue weighted by Crippen LogP contribution is -2.19. The highest BCUT2D eigenvalue weighted by atomic mass is 35.5. The number of nitrogens with two attached hydrogens (primary N) is 2. The molecule has 1 aromatic heterocycles. The third-order valence-electron chi connectivity index (χ3n) is 4.24. The van der Waals surface area contributed by atoms with Crippen molar-refractivity contribution in [2.24, 2.45) is 5.92 Å². The molecule has 6 heteroatoms. The van der Waals surface area contributed by atoms with Crippen molar-refractivity contribution in [2.75, 3.05) is 11.5 Å². The highest BCUT2D eigenvalue weighted by molar-refractivity contribution is 6.30. The standard InChI is InChI=1S/C16H19ClN4O/c17-11-6-8-12(9-7-11)21-16(19)13(18)14(20-21)15(22)10-4-2-1-3-5-10/h6-10H,1-5,18-19H2. The first kappa shape index (κ1) is 14.9. The van der Waals surface area contributed by atoms with Gasteiger partial charge in [0.05, 0.1) is 5.69 Å². The van der Waals surface area contributed by atoms with Crippen LogP contribution in [0.4, 0.5) is 11.5 Å². The minimum Gasteiger partial charge on any atom is -0.394 e. The number of carbonyl (C=O) groups excluding carboxylic acids is 1. The van der Waals surface area contributed by atoms with Crippen LogP contribution in [-0.2, 0) is 0 Å². The van der Waals surface area contributed by atoms with Gasteiger partial charge in [-0.05, 0) is 37.1 Å². The smallest absolute Gasteiger partial charge is 0.188 e. The molecule has 0 spiro atoms. The maximum Gasteiger partial charge on any atom is 0.188 e. The van der Waals surface area contributed by atoms with Crippen LogP contribution in [0.3, 0.4) is 0 Å². The topological polar surface area (TPSA) is 86.9 Å². The van der Waals surface area contributed by atoms with Gasteiger partial charge in [0.1, 0.15) is 5.69 Å². The van der Waals surface area contributed by atoms with Gasteiger partial charge >= 0.3 is 0 Å². The number of rotatable bonds is 3. The number of nitrogens with zero attached hydrogens (tertiary/aromatic N) is 2. The van der Waals surface area contributed by atoms with Crippen molar-refractivity contribution < 1.29 is 4.79 Å². The molecule has 0 saturated heterocycles. The molecule has 1 fully saturated rings. The van der Waals surface area contributed by atoms with Crippen LogP contribution in [0.5, 0.6) is 0 Å². The van der Waals surface area contributed by atoms with Gasteiger partial charge < -0.3 is 11.5 Å². The number of carbonyl (C=O) groups is 1. The Morgan fingerprint density at radius 3 is 2.41 bits per heavy atom. The summed E-state index contributed by atoms with van der Waals surface area (Å²) in [4.78, 5) is 12.6. The van der Waals surface area contributed by atoms with Crippen molar-refractivity contribution >= 4 is 28.9 Å². The van der Waals surface area contributed by atoms with Crippen LogP contribution in [0.25, 0.3) is 5.69 Å². The van der Waals surface area contributed by atoms with Crippen LogP contribution in [0.2, 0.25) is 5.02 Å². The number of nitrogen functional groups attached to an aromatic ring is 2. The lowest BCUT2D eigenvalue weighted by molar-refractivity contribution is 0.0885. The molecule has 4 N–H and O–H groups in total. The van der Waals surface area contributed by atoms with E-state index in [4.69, 9.17) is 23.1 Å². The highest BCUT2D eigenvalue weighted by Gasteiger charge is 2.28. The van der Waals surface area contributed by atoms with Gasteiger partial charge in [0.2, 0.25) is 0 Å². The van der Waals surface area contributed by atoms with E-state index in [-0.39, 0.29) is 17.4 Å². The molecule has 0 radical (unpaired) electrons. The molecule has 0 unspecified atom stereocenters. The van der Waals surface area contributed by atoms with Gasteiger partial charge in [-0.15, -0.1) is 0 Å². The van der Waals surface area contributed by atoms with E-state index >= 15 is 0 Å². The van der Waals surface area contributed by atoms with E-state index in [0.717, 1.165) is 31.4 Å². The van der Waals surface area contributed by atoms with E-state index < -0.39 is 0 Å². The van der Waals surface area contributed by atoms with Crippen molar-refractivity contribution in [2.45, 2.75) is 32.1 Å². The second kappa shape index (κ2) is 6.01. The number of aromatic nitrogens is 2. The number of Topliss-reactive ketones (excluding diaryl/α,β-unsaturated/α-hetero) is 1. The zero-order valence-corrected chi connectivity index (χ0v) is 13.0. The van der Waals surface area contributed by atoms with Gasteiger partial charge in [0, 0.05) is 10.9 Å². The first-order chi connectivity index (χ1) is 10.6. The van der Waals surface area contributed by atoms with Crippen molar-refractivity contribution in [3.8, 4) is 5.69 Å². The Labute approximate surface area is 134 Å². The molecule has 3 rings (SSSR count). The lowest BCUT2D eigenvalue weighted by Gasteiger charge is -2.19. The van der Waals surface area contributed by atoms with Gasteiger partial charge in [-0.3, -0.25) is 4.79 Å². The van der Waals surface area contributed by atoms with Crippen LogP contribution < -0.4 is 11.5 Å². The Morgan fingerprint density at radius 1 is 1.14 bits per heavy atom. The minimum absolute atomic E-state index is 0.0108. The molecule has 116 valence electrons. The molecule has 0 amide bonds. The van der Waals surface area contributed by atoms with Crippen LogP contribution in [0.1, 0.15) is 42.6 Å². The molecule has 1 aliphatic carbocycles. The summed E-state index contributed by atoms with van der Waals surface area (Å²) in [5.74, 6) is 0.321. The third-order valence-corrected chi connectivity index (χ3v) is 4.49. The molecular weight excluding hydrogens is 300 g/mol. The zero-order valence-electron chi connectivity index (χ0n) is 12.3. The Hall–Kier alpha value is -2.01. The van der Waals surface area contributed by atoms with Crippen molar-refractivity contribution in [1.29, 1.82) is 0 Å². The molecule has 1 saturated carbocycles. The fraction of sp³-hybridized carbons (Fsp3) is 0.375. The molecular formula is C16H19ClN4O. The summed E-state index contributed by atoms with van der Waals surface area (Å²) in [6.07, 6.45) is 5.19. The quantitative estimate of drug-likeness (QED) is 0.848. The number of benzene rings is 1. The molecule has 2 aromatic rings. The normalized spacial score (nSPS) is 15.9. The fourth-order valence-electron chi connectivity index (χ4n) is 2.96. The second-order valence-corrected chi connectivity index (χ2v) is 6.17. The summed E-state index contributed by atoms with van der Waals surface area (Å²) in [5, 5.41) is 4.98. The van der Waals surface area contributed by atoms with Gasteiger partial charge in [-0.25, -0.2) is 4.68 Å². The number of hydrogen-bond donors (Lipinski definition) is 2. The number of halogens is 1. The molecule has 0 bridgehead atoms. The maximum atomic E-state index is 12.6. The Kier molecular flexibility index (Phi) is 4.07. The van der Waals surface area contributed by atoms with Gasteiger partial charge in [-0.2, -0.15) is 5.10 Å². The predicted octanol–water partition coefficient (Wildman–Crippen LogP) is 3.45. The van der Waals surface area contributed by atoms with Crippen LogP contribution in [0.15, 0.2) is 24.3 Å². The number of hydrogen-bond acceptors (Lipinski definition) is 4. The Balaban J connectivity index is 1.94. The van der Waals surface area contributed by atoms with E-state index in [9.17, 15) is 4.79 Å². The van der Waals surface area contributed by atoms with E-state index in [1.165, 1.54) is 11.1 Å². The number of anilines is 2. The average Bonchev–Trinajstić information content (AvgIpc) is 2.84. The van der Waals surface area contributed by atoms with Crippen molar-refractivity contribution in [3.63, 3.8) is 0 Å². The molecule has 0 atom stereocenters. The molecule has 22 heavy (non-hydrogen) atoms. The third kappa shape index (κ3) is 2.68. The second-order valence-electron chi connectivity index (χ2n) is 5.73. The maximum absolute atomic E-state index is 12.6. The SMILES string of the molecule is Nc1c(C(=O)C2CCCCC2)nn(-c2ccc(Cl)cc2)c1N. The summed E-state index contributed by atoms with van der Waals surface area (Å²) in [7, 11) is 0. The largest absolute Gasteiger partial charge is 0.394 e. The molecule has 0 aliphatic heterocycles. The average molecular weight is 319 g/mol. The van der Waals surface area contributed by atoms with E-state index in [1.807, 2.05) is 0 Å². The van der Waals surface area contributed by atoms with Gasteiger partial charge in [0.25, 0.3) is 0 Å². The minimum atomic E-state index is 0.0108. The van der Waals surface area contributed by atoms with Gasteiger partial charge in [0.15, 0.2) is 17.3 Å². The first-order valence-corrected chi connectivity index (χ1v) is 7.90. The molecule has 1 heterocycles. The highest BCUT2D eigenvalue weighted by Crippen LogP contribution is 2.31. The summed E-state index contributed by atoms with van der Waals surface area (Å²) >= 11 is 5.89. The fourth-order valence-corrected chi connectivity index (χ4v) is 3.09. The van der Waals surface area contributed by atoms with Crippen LogP contribution in [-0.4, -0.2) is 15.6 Å². The monoisotopic (exact) mass is 318 g/mol. The van der Waals surface area contributed by atoms with E-state index in [0.29, 0.717) is 16.5 Å². The predicted molar refractivity (Wildman–Crippen MR) is 88.3 cm³/mol. The first-order valence-electron chi connectivity index (χ1n) is 7.52. The Bertz CT molecular complexity index is 687. The van der Waals surface area contributed by atoms with E-state index in [1.54, 1.807) is 24.3 Å². The molecule has 5 nitrogen and oxygen atoms in total. The summed E-state index contributed by atoms with van der Waals surface area (Å²) in [5.41, 5.74) is 13.3. The lowest BCUT2D eigenvalue weighted by atomic mass is 9.85. The number of ketones is 1. The molecule has 1 aliphatic rings. The zero-order chi connectivity index (χ0) is 15.7. The summed E-state index contributed by atoms with van der Waals surface area (Å²) < 4.78 is 1.50. The van der Waals surface area contributed by atoms with Crippen LogP contribution in [0, 0.1) is 5.92 Å². The van der Waals surface area contributed by atoms with Gasteiger partial charge in [-0.1, -0.05) is 30.9 Å². The Morgan fingerprint density at radius 2 is 1.77 bits per heavy atom. The van der Waals surface area contributed by atoms with Crippen molar-refractivity contribution in [1.82, 2.24) is 9.78 Å². The van der Waals surface area contributed by atoms with Crippen molar-refractivity contribution in [3.05, 3.63) is 35.0 Å². The van der Waals surface area contributed by atoms with E-state index in [2.05, 4.69) is 5.10 Å². The van der Waals surface area contributed by atoms with Crippen LogP contribution >= 0.6 is 11.6 Å².